The molecule has 4 nitrogen and oxygen atoms in total. The molecule has 1 aliphatic rings. The lowest BCUT2D eigenvalue weighted by molar-refractivity contribution is -0.132. The highest BCUT2D eigenvalue weighted by atomic mass is 16.3. The van der Waals surface area contributed by atoms with E-state index in [2.05, 4.69) is 24.5 Å². The van der Waals surface area contributed by atoms with E-state index in [1.54, 1.807) is 12.5 Å². The molecule has 2 N–H and O–H groups in total. The number of nitrogens with one attached hydrogen (secondary N) is 2. The second kappa shape index (κ2) is 4.92. The molecular weight excluding hydrogens is 216 g/mol. The maximum absolute atomic E-state index is 12.3. The maximum Gasteiger partial charge on any atom is 0.228 e. The number of hydrogen-bond donors (Lipinski definition) is 2. The fourth-order valence-corrected chi connectivity index (χ4v) is 2.41. The minimum atomic E-state index is -0.246. The Kier molecular flexibility index (Phi) is 3.52. The smallest absolute Gasteiger partial charge is 0.228 e. The Morgan fingerprint density at radius 1 is 1.65 bits per heavy atom. The van der Waals surface area contributed by atoms with Gasteiger partial charge in [0.25, 0.3) is 0 Å². The molecule has 1 atom stereocenters. The topological polar surface area (TPSA) is 54.3 Å². The summed E-state index contributed by atoms with van der Waals surface area (Å²) in [6.45, 7) is 6.48. The van der Waals surface area contributed by atoms with Crippen LogP contribution < -0.4 is 10.6 Å². The zero-order chi connectivity index (χ0) is 12.3. The molecule has 1 unspecified atom stereocenters. The van der Waals surface area contributed by atoms with Gasteiger partial charge in [-0.2, -0.15) is 0 Å². The summed E-state index contributed by atoms with van der Waals surface area (Å²) in [5.41, 5.74) is 0.757. The van der Waals surface area contributed by atoms with Gasteiger partial charge in [0, 0.05) is 18.7 Å². The fourth-order valence-electron chi connectivity index (χ4n) is 2.41. The van der Waals surface area contributed by atoms with Gasteiger partial charge in [-0.15, -0.1) is 0 Å². The van der Waals surface area contributed by atoms with Gasteiger partial charge in [-0.05, 0) is 24.9 Å². The summed E-state index contributed by atoms with van der Waals surface area (Å²) in [5, 5.41) is 6.30. The Bertz CT molecular complexity index is 365. The Morgan fingerprint density at radius 3 is 3.00 bits per heavy atom. The minimum Gasteiger partial charge on any atom is -0.472 e. The molecule has 4 heteroatoms. The molecule has 0 radical (unpaired) electrons. The third-order valence-electron chi connectivity index (χ3n) is 3.78. The van der Waals surface area contributed by atoms with Gasteiger partial charge in [0.05, 0.1) is 17.9 Å². The molecule has 2 rings (SSSR count). The molecule has 1 fully saturated rings. The van der Waals surface area contributed by atoms with Gasteiger partial charge in [0.1, 0.15) is 0 Å². The van der Waals surface area contributed by atoms with Gasteiger partial charge in [0.2, 0.25) is 5.91 Å². The normalized spacial score (nSPS) is 24.2. The van der Waals surface area contributed by atoms with Crippen LogP contribution in [0.5, 0.6) is 0 Å². The minimum absolute atomic E-state index is 0.152. The number of carbonyl (C=O) groups is 1. The van der Waals surface area contributed by atoms with Crippen molar-refractivity contribution in [2.75, 3.05) is 13.1 Å². The van der Waals surface area contributed by atoms with Gasteiger partial charge >= 0.3 is 0 Å². The number of carbonyl (C=O) groups excluding carboxylic acids is 1. The van der Waals surface area contributed by atoms with Crippen LogP contribution in [0.2, 0.25) is 0 Å². The Hall–Kier alpha value is -1.29. The molecule has 1 amide bonds. The lowest BCUT2D eigenvalue weighted by Gasteiger charge is -2.31. The number of amides is 1. The summed E-state index contributed by atoms with van der Waals surface area (Å²) in [5.74, 6) is 0.501. The fraction of sp³-hybridized carbons (Fsp3) is 0.615. The van der Waals surface area contributed by atoms with Crippen LogP contribution >= 0.6 is 0 Å². The molecule has 0 spiro atoms. The lowest BCUT2D eigenvalue weighted by Crippen LogP contribution is -2.45. The molecule has 94 valence electrons. The molecule has 1 aliphatic heterocycles. The first kappa shape index (κ1) is 12.2. The summed E-state index contributed by atoms with van der Waals surface area (Å²) in [7, 11) is 0. The zero-order valence-corrected chi connectivity index (χ0v) is 10.5. The van der Waals surface area contributed by atoms with Gasteiger partial charge < -0.3 is 15.1 Å². The summed E-state index contributed by atoms with van der Waals surface area (Å²) < 4.78 is 4.98. The molecule has 2 heterocycles. The van der Waals surface area contributed by atoms with E-state index in [1.165, 1.54) is 0 Å². The first-order valence-corrected chi connectivity index (χ1v) is 6.15. The second-order valence-corrected chi connectivity index (χ2v) is 5.05. The Labute approximate surface area is 102 Å². The van der Waals surface area contributed by atoms with Crippen molar-refractivity contribution in [2.45, 2.75) is 26.8 Å². The van der Waals surface area contributed by atoms with Gasteiger partial charge in [-0.1, -0.05) is 13.8 Å². The van der Waals surface area contributed by atoms with Crippen LogP contribution in [-0.2, 0) is 11.3 Å². The number of furan rings is 1. The van der Waals surface area contributed by atoms with E-state index in [4.69, 9.17) is 4.42 Å². The van der Waals surface area contributed by atoms with Crippen molar-refractivity contribution in [1.82, 2.24) is 10.6 Å². The third kappa shape index (κ3) is 2.36. The molecule has 17 heavy (non-hydrogen) atoms. The number of rotatable bonds is 4. The maximum atomic E-state index is 12.3. The molecule has 0 saturated carbocycles. The van der Waals surface area contributed by atoms with Crippen molar-refractivity contribution in [1.29, 1.82) is 0 Å². The second-order valence-electron chi connectivity index (χ2n) is 5.05. The standard InChI is InChI=1S/C13H20N2O2/c1-10(2)13(4-5-14-9-13)12(16)15-7-11-3-6-17-8-11/h3,6,8,10,14H,4-5,7,9H2,1-2H3,(H,15,16). The monoisotopic (exact) mass is 236 g/mol. The van der Waals surface area contributed by atoms with Crippen molar-refractivity contribution in [3.8, 4) is 0 Å². The molecule has 0 aliphatic carbocycles. The highest BCUT2D eigenvalue weighted by molar-refractivity contribution is 5.83. The summed E-state index contributed by atoms with van der Waals surface area (Å²) in [6.07, 6.45) is 4.20. The van der Waals surface area contributed by atoms with Crippen molar-refractivity contribution in [2.24, 2.45) is 11.3 Å². The van der Waals surface area contributed by atoms with Crippen LogP contribution in [0.3, 0.4) is 0 Å². The van der Waals surface area contributed by atoms with Crippen LogP contribution in [0.15, 0.2) is 23.0 Å². The van der Waals surface area contributed by atoms with E-state index >= 15 is 0 Å². The highest BCUT2D eigenvalue weighted by Gasteiger charge is 2.43. The first-order valence-electron chi connectivity index (χ1n) is 6.15. The molecule has 1 aromatic rings. The lowest BCUT2D eigenvalue weighted by atomic mass is 9.75. The summed E-state index contributed by atoms with van der Waals surface area (Å²) in [6, 6.07) is 1.87. The number of hydrogen-bond acceptors (Lipinski definition) is 3. The molecule has 0 aromatic carbocycles. The van der Waals surface area contributed by atoms with Crippen molar-refractivity contribution in [3.63, 3.8) is 0 Å². The van der Waals surface area contributed by atoms with Crippen LogP contribution in [0, 0.1) is 11.3 Å². The van der Waals surface area contributed by atoms with E-state index in [1.807, 2.05) is 6.07 Å². The average Bonchev–Trinajstić information content (AvgIpc) is 2.97. The summed E-state index contributed by atoms with van der Waals surface area (Å²) in [4.78, 5) is 12.3. The first-order chi connectivity index (χ1) is 8.15. The van der Waals surface area contributed by atoms with Crippen molar-refractivity contribution >= 4 is 5.91 Å². The Morgan fingerprint density at radius 2 is 2.47 bits per heavy atom. The van der Waals surface area contributed by atoms with Crippen molar-refractivity contribution < 1.29 is 9.21 Å². The quantitative estimate of drug-likeness (QED) is 0.833. The van der Waals surface area contributed by atoms with Gasteiger partial charge in [0.15, 0.2) is 0 Å². The van der Waals surface area contributed by atoms with E-state index in [-0.39, 0.29) is 11.3 Å². The Balaban J connectivity index is 1.98. The van der Waals surface area contributed by atoms with E-state index in [9.17, 15) is 4.79 Å². The van der Waals surface area contributed by atoms with Gasteiger partial charge in [-0.25, -0.2) is 0 Å². The van der Waals surface area contributed by atoms with Crippen LogP contribution in [0.4, 0.5) is 0 Å². The van der Waals surface area contributed by atoms with Gasteiger partial charge in [-0.3, -0.25) is 4.79 Å². The summed E-state index contributed by atoms with van der Waals surface area (Å²) >= 11 is 0. The van der Waals surface area contributed by atoms with Crippen LogP contribution in [-0.4, -0.2) is 19.0 Å². The molecular formula is C13H20N2O2. The van der Waals surface area contributed by atoms with Crippen molar-refractivity contribution in [3.05, 3.63) is 24.2 Å². The average molecular weight is 236 g/mol. The molecule has 1 aromatic heterocycles. The van der Waals surface area contributed by atoms with E-state index in [0.717, 1.165) is 25.1 Å². The molecule has 1 saturated heterocycles. The SMILES string of the molecule is CC(C)C1(C(=O)NCc2ccoc2)CCNC1. The third-order valence-corrected chi connectivity index (χ3v) is 3.78. The van der Waals surface area contributed by atoms with Crippen LogP contribution in [0.1, 0.15) is 25.8 Å². The predicted molar refractivity (Wildman–Crippen MR) is 65.3 cm³/mol. The predicted octanol–water partition coefficient (Wildman–Crippen LogP) is 1.53. The van der Waals surface area contributed by atoms with Crippen LogP contribution in [0.25, 0.3) is 0 Å². The highest BCUT2D eigenvalue weighted by Crippen LogP contribution is 2.34. The largest absolute Gasteiger partial charge is 0.472 e. The van der Waals surface area contributed by atoms with E-state index in [0.29, 0.717) is 12.5 Å². The zero-order valence-electron chi connectivity index (χ0n) is 10.5. The molecule has 0 bridgehead atoms. The van der Waals surface area contributed by atoms with E-state index < -0.39 is 0 Å².